The Balaban J connectivity index is 2.34. The Hall–Kier alpha value is -1.02. The lowest BCUT2D eigenvalue weighted by atomic mass is 9.83. The van der Waals surface area contributed by atoms with Gasteiger partial charge in [0.1, 0.15) is 11.4 Å². The molecule has 1 aromatic carbocycles. The highest BCUT2D eigenvalue weighted by atomic mass is 16.5. The molecule has 106 valence electrons. The van der Waals surface area contributed by atoms with Gasteiger partial charge in [-0.05, 0) is 38.8 Å². The summed E-state index contributed by atoms with van der Waals surface area (Å²) in [4.78, 5) is 0. The second kappa shape index (κ2) is 5.96. The Morgan fingerprint density at radius 3 is 2.63 bits per heavy atom. The second-order valence-electron chi connectivity index (χ2n) is 5.74. The molecule has 1 atom stereocenters. The Labute approximate surface area is 117 Å². The molecule has 0 amide bonds. The molecule has 1 unspecified atom stereocenters. The molecule has 0 fully saturated rings. The fraction of sp³-hybridized carbons (Fsp3) is 0.647. The van der Waals surface area contributed by atoms with Crippen LogP contribution in [0.1, 0.15) is 63.6 Å². The minimum Gasteiger partial charge on any atom is -0.487 e. The lowest BCUT2D eigenvalue weighted by Crippen LogP contribution is -2.43. The third-order valence-corrected chi connectivity index (χ3v) is 4.37. The van der Waals surface area contributed by atoms with Gasteiger partial charge in [-0.1, -0.05) is 38.5 Å². The summed E-state index contributed by atoms with van der Waals surface area (Å²) in [5.74, 6) is 1.08. The van der Waals surface area contributed by atoms with Gasteiger partial charge < -0.3 is 10.1 Å². The average Bonchev–Trinajstić information content (AvgIpc) is 2.44. The molecule has 1 N–H and O–H groups in total. The highest BCUT2D eigenvalue weighted by Crippen LogP contribution is 2.42. The van der Waals surface area contributed by atoms with E-state index in [-0.39, 0.29) is 5.60 Å². The predicted octanol–water partition coefficient (Wildman–Crippen LogP) is 4.38. The molecule has 0 saturated heterocycles. The molecule has 0 spiro atoms. The first kappa shape index (κ1) is 14.4. The molecular formula is C17H27NO. The summed E-state index contributed by atoms with van der Waals surface area (Å²) in [7, 11) is 0. The van der Waals surface area contributed by atoms with Crippen LogP contribution in [-0.4, -0.2) is 12.1 Å². The van der Waals surface area contributed by atoms with Crippen LogP contribution in [0.2, 0.25) is 0 Å². The summed E-state index contributed by atoms with van der Waals surface area (Å²) in [5, 5.41) is 3.70. The van der Waals surface area contributed by atoms with Crippen LogP contribution in [0.15, 0.2) is 18.2 Å². The van der Waals surface area contributed by atoms with Gasteiger partial charge in [0.05, 0.1) is 0 Å². The van der Waals surface area contributed by atoms with Crippen LogP contribution >= 0.6 is 0 Å². The van der Waals surface area contributed by atoms with E-state index >= 15 is 0 Å². The highest BCUT2D eigenvalue weighted by Gasteiger charge is 2.38. The SMILES string of the molecule is CCCNC1CC(CC)(CC)Oc2ccc(C)cc21. The van der Waals surface area contributed by atoms with Crippen LogP contribution in [0, 0.1) is 6.92 Å². The zero-order valence-electron chi connectivity index (χ0n) is 12.8. The van der Waals surface area contributed by atoms with Crippen molar-refractivity contribution in [1.29, 1.82) is 0 Å². The number of rotatable bonds is 5. The van der Waals surface area contributed by atoms with Gasteiger partial charge in [0.25, 0.3) is 0 Å². The van der Waals surface area contributed by atoms with Gasteiger partial charge in [0.15, 0.2) is 0 Å². The standard InChI is InChI=1S/C17H27NO/c1-5-10-18-15-12-17(6-2,7-3)19-16-9-8-13(4)11-14(15)16/h8-9,11,15,18H,5-7,10,12H2,1-4H3. The van der Waals surface area contributed by atoms with E-state index in [2.05, 4.69) is 51.2 Å². The zero-order chi connectivity index (χ0) is 13.9. The molecule has 0 radical (unpaired) electrons. The molecule has 2 rings (SSSR count). The van der Waals surface area contributed by atoms with E-state index in [1.54, 1.807) is 0 Å². The summed E-state index contributed by atoms with van der Waals surface area (Å²) >= 11 is 0. The van der Waals surface area contributed by atoms with Crippen LogP contribution < -0.4 is 10.1 Å². The minimum atomic E-state index is 0.00761. The van der Waals surface area contributed by atoms with E-state index < -0.39 is 0 Å². The van der Waals surface area contributed by atoms with Crippen molar-refractivity contribution < 1.29 is 4.74 Å². The highest BCUT2D eigenvalue weighted by molar-refractivity contribution is 5.41. The van der Waals surface area contributed by atoms with Gasteiger partial charge in [0.2, 0.25) is 0 Å². The maximum absolute atomic E-state index is 6.34. The number of hydrogen-bond acceptors (Lipinski definition) is 2. The first-order valence-corrected chi connectivity index (χ1v) is 7.67. The third kappa shape index (κ3) is 2.94. The average molecular weight is 261 g/mol. The normalized spacial score (nSPS) is 20.7. The zero-order valence-corrected chi connectivity index (χ0v) is 12.8. The quantitative estimate of drug-likeness (QED) is 0.849. The molecule has 1 aliphatic heterocycles. The first-order valence-electron chi connectivity index (χ1n) is 7.67. The summed E-state index contributed by atoms with van der Waals surface area (Å²) in [5.41, 5.74) is 2.66. The van der Waals surface area contributed by atoms with Crippen molar-refractivity contribution in [3.05, 3.63) is 29.3 Å². The van der Waals surface area contributed by atoms with Crippen molar-refractivity contribution in [2.75, 3.05) is 6.54 Å². The largest absolute Gasteiger partial charge is 0.487 e. The number of fused-ring (bicyclic) bond motifs is 1. The molecule has 2 heteroatoms. The molecule has 0 aliphatic carbocycles. The molecule has 1 aliphatic rings. The van der Waals surface area contributed by atoms with Crippen LogP contribution in [0.5, 0.6) is 5.75 Å². The fourth-order valence-electron chi connectivity index (χ4n) is 2.97. The summed E-state index contributed by atoms with van der Waals surface area (Å²) in [6.45, 7) is 9.91. The van der Waals surface area contributed by atoms with E-state index in [0.717, 1.165) is 31.6 Å². The van der Waals surface area contributed by atoms with Gasteiger partial charge >= 0.3 is 0 Å². The Morgan fingerprint density at radius 1 is 1.26 bits per heavy atom. The van der Waals surface area contributed by atoms with Crippen molar-refractivity contribution in [3.63, 3.8) is 0 Å². The second-order valence-corrected chi connectivity index (χ2v) is 5.74. The van der Waals surface area contributed by atoms with Crippen molar-refractivity contribution >= 4 is 0 Å². The summed E-state index contributed by atoms with van der Waals surface area (Å²) in [6, 6.07) is 7.00. The lowest BCUT2D eigenvalue weighted by Gasteiger charge is -2.42. The van der Waals surface area contributed by atoms with E-state index in [4.69, 9.17) is 4.74 Å². The van der Waals surface area contributed by atoms with Gasteiger partial charge in [-0.15, -0.1) is 0 Å². The number of benzene rings is 1. The smallest absolute Gasteiger partial charge is 0.124 e. The van der Waals surface area contributed by atoms with Gasteiger partial charge in [-0.25, -0.2) is 0 Å². The monoisotopic (exact) mass is 261 g/mol. The van der Waals surface area contributed by atoms with Crippen LogP contribution in [0.25, 0.3) is 0 Å². The number of nitrogens with one attached hydrogen (secondary N) is 1. The molecular weight excluding hydrogens is 234 g/mol. The predicted molar refractivity (Wildman–Crippen MR) is 80.8 cm³/mol. The molecule has 0 aromatic heterocycles. The third-order valence-electron chi connectivity index (χ3n) is 4.37. The van der Waals surface area contributed by atoms with Crippen LogP contribution in [0.4, 0.5) is 0 Å². The topological polar surface area (TPSA) is 21.3 Å². The Morgan fingerprint density at radius 2 is 2.00 bits per heavy atom. The maximum Gasteiger partial charge on any atom is 0.124 e. The van der Waals surface area contributed by atoms with Gasteiger partial charge in [-0.2, -0.15) is 0 Å². The number of hydrogen-bond donors (Lipinski definition) is 1. The maximum atomic E-state index is 6.34. The van der Waals surface area contributed by atoms with Crippen LogP contribution in [-0.2, 0) is 0 Å². The van der Waals surface area contributed by atoms with Gasteiger partial charge in [-0.3, -0.25) is 0 Å². The first-order chi connectivity index (χ1) is 9.14. The van der Waals surface area contributed by atoms with E-state index in [1.807, 2.05) is 0 Å². The van der Waals surface area contributed by atoms with Crippen molar-refractivity contribution in [2.24, 2.45) is 0 Å². The molecule has 0 bridgehead atoms. The fourth-order valence-corrected chi connectivity index (χ4v) is 2.97. The van der Waals surface area contributed by atoms with Crippen molar-refractivity contribution in [3.8, 4) is 5.75 Å². The van der Waals surface area contributed by atoms with E-state index in [0.29, 0.717) is 6.04 Å². The number of aryl methyl sites for hydroxylation is 1. The molecule has 19 heavy (non-hydrogen) atoms. The van der Waals surface area contributed by atoms with Gasteiger partial charge in [0, 0.05) is 18.0 Å². The molecule has 2 nitrogen and oxygen atoms in total. The lowest BCUT2D eigenvalue weighted by molar-refractivity contribution is 0.0228. The Bertz CT molecular complexity index is 423. The number of ether oxygens (including phenoxy) is 1. The molecule has 1 aromatic rings. The van der Waals surface area contributed by atoms with Crippen LogP contribution in [0.3, 0.4) is 0 Å². The molecule has 0 saturated carbocycles. The summed E-state index contributed by atoms with van der Waals surface area (Å²) < 4.78 is 6.34. The van der Waals surface area contributed by atoms with Crippen molar-refractivity contribution in [1.82, 2.24) is 5.32 Å². The Kier molecular flexibility index (Phi) is 4.51. The molecule has 1 heterocycles. The minimum absolute atomic E-state index is 0.00761. The van der Waals surface area contributed by atoms with E-state index in [1.165, 1.54) is 17.5 Å². The van der Waals surface area contributed by atoms with E-state index in [9.17, 15) is 0 Å². The van der Waals surface area contributed by atoms with Crippen molar-refractivity contribution in [2.45, 2.75) is 65.0 Å². The summed E-state index contributed by atoms with van der Waals surface area (Å²) in [6.07, 6.45) is 4.39.